The van der Waals surface area contributed by atoms with Crippen molar-refractivity contribution in [3.8, 4) is 0 Å². The summed E-state index contributed by atoms with van der Waals surface area (Å²) < 4.78 is 5.61. The third kappa shape index (κ3) is 4.18. The number of ketones is 1. The Morgan fingerprint density at radius 3 is 2.40 bits per heavy atom. The summed E-state index contributed by atoms with van der Waals surface area (Å²) in [5.74, 6) is 0.833. The maximum Gasteiger partial charge on any atom is 0.242 e. The molecule has 2 aromatic carbocycles. The minimum atomic E-state index is -0.875. The van der Waals surface area contributed by atoms with Gasteiger partial charge in [-0.1, -0.05) is 35.9 Å². The van der Waals surface area contributed by atoms with E-state index < -0.39 is 10.8 Å². The number of Topliss-reactive ketones (excluding diaryl/α,β-unsaturated/α-hetero) is 1. The Balaban J connectivity index is 1.28. The number of piperidine rings is 1. The zero-order valence-corrected chi connectivity index (χ0v) is 21.4. The van der Waals surface area contributed by atoms with Crippen LogP contribution in [0.4, 0.5) is 5.69 Å². The fourth-order valence-electron chi connectivity index (χ4n) is 5.48. The van der Waals surface area contributed by atoms with E-state index in [9.17, 15) is 9.59 Å². The van der Waals surface area contributed by atoms with Crippen molar-refractivity contribution in [2.24, 2.45) is 11.8 Å². The SMILES string of the molecule is O=C1C[C@](c2ccc(N3CC4COCC4C3)cc2)(c2ccsc2)NC(=O)C1Sc1ccccc1Cl. The molecule has 3 fully saturated rings. The van der Waals surface area contributed by atoms with Crippen LogP contribution in [-0.2, 0) is 19.9 Å². The van der Waals surface area contributed by atoms with Gasteiger partial charge in [0.15, 0.2) is 5.78 Å². The van der Waals surface area contributed by atoms with E-state index in [1.54, 1.807) is 17.4 Å². The van der Waals surface area contributed by atoms with Gasteiger partial charge >= 0.3 is 0 Å². The first kappa shape index (κ1) is 23.1. The first-order valence-corrected chi connectivity index (χ1v) is 14.0. The first-order valence-electron chi connectivity index (χ1n) is 11.8. The number of benzene rings is 2. The van der Waals surface area contributed by atoms with Gasteiger partial charge in [-0.15, -0.1) is 11.8 Å². The minimum absolute atomic E-state index is 0.0960. The third-order valence-corrected chi connectivity index (χ3v) is 9.82. The molecule has 3 aliphatic heterocycles. The van der Waals surface area contributed by atoms with Crippen molar-refractivity contribution in [3.05, 3.63) is 81.5 Å². The molecule has 0 spiro atoms. The third-order valence-electron chi connectivity index (χ3n) is 7.37. The highest BCUT2D eigenvalue weighted by molar-refractivity contribution is 8.01. The van der Waals surface area contributed by atoms with Crippen molar-refractivity contribution < 1.29 is 14.3 Å². The highest BCUT2D eigenvalue weighted by atomic mass is 35.5. The lowest BCUT2D eigenvalue weighted by atomic mass is 9.77. The van der Waals surface area contributed by atoms with Crippen molar-refractivity contribution in [1.29, 1.82) is 0 Å². The molecule has 0 radical (unpaired) electrons. The highest BCUT2D eigenvalue weighted by Crippen LogP contribution is 2.42. The zero-order valence-electron chi connectivity index (χ0n) is 19.0. The average molecular weight is 525 g/mol. The number of nitrogens with one attached hydrogen (secondary N) is 1. The number of nitrogens with zero attached hydrogens (tertiary/aromatic N) is 1. The van der Waals surface area contributed by atoms with E-state index in [1.165, 1.54) is 17.4 Å². The maximum absolute atomic E-state index is 13.5. The van der Waals surface area contributed by atoms with Crippen LogP contribution in [0.3, 0.4) is 0 Å². The number of anilines is 1. The lowest BCUT2D eigenvalue weighted by molar-refractivity contribution is -0.132. The Morgan fingerprint density at radius 1 is 1.00 bits per heavy atom. The average Bonchev–Trinajstić information content (AvgIpc) is 3.61. The molecule has 1 aromatic heterocycles. The van der Waals surface area contributed by atoms with Crippen LogP contribution in [0.25, 0.3) is 0 Å². The molecule has 3 saturated heterocycles. The van der Waals surface area contributed by atoms with E-state index in [0.29, 0.717) is 16.9 Å². The van der Waals surface area contributed by atoms with E-state index in [1.807, 2.05) is 35.0 Å². The molecule has 3 aromatic rings. The smallest absolute Gasteiger partial charge is 0.242 e. The molecular formula is C27H25ClN2O3S2. The minimum Gasteiger partial charge on any atom is -0.381 e. The number of halogens is 1. The topological polar surface area (TPSA) is 58.6 Å². The predicted octanol–water partition coefficient (Wildman–Crippen LogP) is 4.98. The predicted molar refractivity (Wildman–Crippen MR) is 140 cm³/mol. The number of rotatable bonds is 5. The van der Waals surface area contributed by atoms with E-state index >= 15 is 0 Å². The molecule has 3 unspecified atom stereocenters. The van der Waals surface area contributed by atoms with Crippen molar-refractivity contribution in [2.45, 2.75) is 22.1 Å². The molecule has 5 nitrogen and oxygen atoms in total. The Morgan fingerprint density at radius 2 is 1.74 bits per heavy atom. The monoisotopic (exact) mass is 524 g/mol. The van der Waals surface area contributed by atoms with Gasteiger partial charge in [0.2, 0.25) is 5.91 Å². The van der Waals surface area contributed by atoms with E-state index in [0.717, 1.165) is 42.3 Å². The molecule has 8 heteroatoms. The largest absolute Gasteiger partial charge is 0.381 e. The van der Waals surface area contributed by atoms with Gasteiger partial charge in [0.25, 0.3) is 0 Å². The highest BCUT2D eigenvalue weighted by Gasteiger charge is 2.47. The van der Waals surface area contributed by atoms with Gasteiger partial charge in [0.05, 0.1) is 23.8 Å². The van der Waals surface area contributed by atoms with Gasteiger partial charge in [-0.3, -0.25) is 9.59 Å². The van der Waals surface area contributed by atoms with E-state index in [4.69, 9.17) is 16.3 Å². The summed E-state index contributed by atoms with van der Waals surface area (Å²) in [5.41, 5.74) is 2.15. The summed E-state index contributed by atoms with van der Waals surface area (Å²) in [5, 5.41) is 6.96. The zero-order chi connectivity index (χ0) is 24.0. The number of ether oxygens (including phenoxy) is 1. The van der Waals surface area contributed by atoms with Gasteiger partial charge in [-0.05, 0) is 52.2 Å². The molecule has 1 amide bonds. The molecule has 0 aliphatic carbocycles. The van der Waals surface area contributed by atoms with Gasteiger partial charge in [0, 0.05) is 41.9 Å². The molecule has 0 bridgehead atoms. The van der Waals surface area contributed by atoms with Gasteiger partial charge in [-0.25, -0.2) is 0 Å². The second kappa shape index (κ2) is 9.28. The second-order valence-corrected chi connectivity index (χ2v) is 11.8. The summed E-state index contributed by atoms with van der Waals surface area (Å²) in [6.45, 7) is 3.72. The molecular weight excluding hydrogens is 500 g/mol. The number of amides is 1. The van der Waals surface area contributed by atoms with Gasteiger partial charge < -0.3 is 15.0 Å². The fourth-order valence-corrected chi connectivity index (χ4v) is 7.46. The van der Waals surface area contributed by atoms with Crippen molar-refractivity contribution >= 4 is 52.1 Å². The van der Waals surface area contributed by atoms with Crippen LogP contribution in [0.5, 0.6) is 0 Å². The normalized spacial score (nSPS) is 28.3. The number of carbonyl (C=O) groups excluding carboxylic acids is 2. The van der Waals surface area contributed by atoms with Crippen molar-refractivity contribution in [2.75, 3.05) is 31.2 Å². The molecule has 4 heterocycles. The molecule has 6 rings (SSSR count). The Bertz CT molecular complexity index is 1220. The number of carbonyl (C=O) groups is 2. The first-order chi connectivity index (χ1) is 17.0. The fraction of sp³-hybridized carbons (Fsp3) is 0.333. The number of thiophene rings is 1. The summed E-state index contributed by atoms with van der Waals surface area (Å²) in [7, 11) is 0. The van der Waals surface area contributed by atoms with Crippen LogP contribution in [0.2, 0.25) is 5.02 Å². The molecule has 4 atom stereocenters. The second-order valence-electron chi connectivity index (χ2n) is 9.49. The van der Waals surface area contributed by atoms with Crippen LogP contribution in [0.15, 0.2) is 70.3 Å². The Labute approximate surface area is 217 Å². The maximum atomic E-state index is 13.5. The summed E-state index contributed by atoms with van der Waals surface area (Å²) in [4.78, 5) is 30.0. The van der Waals surface area contributed by atoms with Gasteiger partial charge in [0.1, 0.15) is 5.25 Å². The number of hydrogen-bond acceptors (Lipinski definition) is 6. The molecule has 180 valence electrons. The van der Waals surface area contributed by atoms with Crippen LogP contribution in [-0.4, -0.2) is 43.2 Å². The summed E-state index contributed by atoms with van der Waals surface area (Å²) in [6, 6.07) is 17.7. The van der Waals surface area contributed by atoms with E-state index in [-0.39, 0.29) is 18.1 Å². The van der Waals surface area contributed by atoms with E-state index in [2.05, 4.69) is 34.5 Å². The van der Waals surface area contributed by atoms with Crippen LogP contribution in [0.1, 0.15) is 17.5 Å². The molecule has 0 saturated carbocycles. The Hall–Kier alpha value is -2.32. The Kier molecular flexibility index (Phi) is 6.13. The molecule has 35 heavy (non-hydrogen) atoms. The number of thioether (sulfide) groups is 1. The standard InChI is InChI=1S/C27H25ClN2O3S2/c28-22-3-1-2-4-24(22)35-25-23(31)11-27(29-26(25)32,20-9-10-34-16-20)19-5-7-21(8-6-19)30-12-17-14-33-15-18(17)13-30/h1-10,16-18,25H,11-15H2,(H,29,32)/t17?,18?,25?,27-/m0/s1. The van der Waals surface area contributed by atoms with Crippen LogP contribution in [0, 0.1) is 11.8 Å². The lowest BCUT2D eigenvalue weighted by Crippen LogP contribution is -2.57. The van der Waals surface area contributed by atoms with Crippen LogP contribution < -0.4 is 10.2 Å². The summed E-state index contributed by atoms with van der Waals surface area (Å²) in [6.07, 6.45) is 0.197. The lowest BCUT2D eigenvalue weighted by Gasteiger charge is -2.40. The van der Waals surface area contributed by atoms with Crippen molar-refractivity contribution in [3.63, 3.8) is 0 Å². The van der Waals surface area contributed by atoms with Crippen molar-refractivity contribution in [1.82, 2.24) is 5.32 Å². The quantitative estimate of drug-likeness (QED) is 0.477. The van der Waals surface area contributed by atoms with Gasteiger partial charge in [-0.2, -0.15) is 11.3 Å². The summed E-state index contributed by atoms with van der Waals surface area (Å²) >= 11 is 9.08. The number of fused-ring (bicyclic) bond motifs is 1. The molecule has 1 N–H and O–H groups in total. The molecule has 3 aliphatic rings. The van der Waals surface area contributed by atoms with Crippen LogP contribution >= 0.6 is 34.7 Å². The number of hydrogen-bond donors (Lipinski definition) is 1.